The highest BCUT2D eigenvalue weighted by molar-refractivity contribution is 7.80. The lowest BCUT2D eigenvalue weighted by Crippen LogP contribution is -2.31. The maximum atomic E-state index is 10.9. The number of hydrogen-bond acceptors (Lipinski definition) is 4. The van der Waals surface area contributed by atoms with Crippen molar-refractivity contribution in [1.29, 1.82) is 0 Å². The predicted molar refractivity (Wildman–Crippen MR) is 89.0 cm³/mol. The molecule has 0 aliphatic rings. The molecular formula is C14H17N5O2S. The monoisotopic (exact) mass is 319 g/mol. The molecule has 1 aromatic heterocycles. The zero-order chi connectivity index (χ0) is 16.1. The summed E-state index contributed by atoms with van der Waals surface area (Å²) in [7, 11) is 0. The van der Waals surface area contributed by atoms with Crippen LogP contribution in [0.4, 0.5) is 11.5 Å². The molecule has 0 bridgehead atoms. The van der Waals surface area contributed by atoms with Gasteiger partial charge in [-0.1, -0.05) is 17.7 Å². The van der Waals surface area contributed by atoms with E-state index in [1.54, 1.807) is 11.5 Å². The Labute approximate surface area is 133 Å². The molecule has 0 amide bonds. The molecule has 0 radical (unpaired) electrons. The van der Waals surface area contributed by atoms with Crippen LogP contribution in [-0.4, -0.2) is 26.1 Å². The van der Waals surface area contributed by atoms with E-state index in [0.29, 0.717) is 24.0 Å². The molecule has 0 aliphatic heterocycles. The summed E-state index contributed by atoms with van der Waals surface area (Å²) in [4.78, 5) is 14.4. The molecule has 0 atom stereocenters. The fourth-order valence-electron chi connectivity index (χ4n) is 1.97. The van der Waals surface area contributed by atoms with Crippen molar-refractivity contribution in [2.75, 3.05) is 11.9 Å². The van der Waals surface area contributed by atoms with Crippen LogP contribution in [0.1, 0.15) is 11.4 Å². The van der Waals surface area contributed by atoms with Gasteiger partial charge in [0.25, 0.3) is 0 Å². The van der Waals surface area contributed by atoms with Crippen LogP contribution in [0.5, 0.6) is 0 Å². The van der Waals surface area contributed by atoms with Gasteiger partial charge in [-0.2, -0.15) is 0 Å². The van der Waals surface area contributed by atoms with Crippen LogP contribution < -0.4 is 10.6 Å². The van der Waals surface area contributed by atoms with E-state index in [1.807, 2.05) is 31.2 Å². The van der Waals surface area contributed by atoms with Gasteiger partial charge in [0.1, 0.15) is 12.7 Å². The number of benzene rings is 1. The minimum atomic E-state index is -0.442. The number of thiocarbonyl (C=S) groups is 1. The lowest BCUT2D eigenvalue weighted by Gasteiger charge is -2.10. The third-order valence-electron chi connectivity index (χ3n) is 3.15. The Morgan fingerprint density at radius 1 is 1.36 bits per heavy atom. The summed E-state index contributed by atoms with van der Waals surface area (Å²) in [5, 5.41) is 17.5. The lowest BCUT2D eigenvalue weighted by atomic mass is 10.2. The van der Waals surface area contributed by atoms with Crippen molar-refractivity contribution >= 4 is 28.8 Å². The Hall–Kier alpha value is -2.48. The smallest absolute Gasteiger partial charge is 0.342 e. The normalized spacial score (nSPS) is 10.3. The highest BCUT2D eigenvalue weighted by Crippen LogP contribution is 2.12. The third-order valence-corrected chi connectivity index (χ3v) is 3.40. The maximum Gasteiger partial charge on any atom is 0.342 e. The average Bonchev–Trinajstić information content (AvgIpc) is 2.83. The predicted octanol–water partition coefficient (Wildman–Crippen LogP) is 2.39. The van der Waals surface area contributed by atoms with Gasteiger partial charge in [0.2, 0.25) is 0 Å². The first-order chi connectivity index (χ1) is 10.5. The number of aryl methyl sites for hydroxylation is 2. The summed E-state index contributed by atoms with van der Waals surface area (Å²) < 4.78 is 1.54. The highest BCUT2D eigenvalue weighted by atomic mass is 32.1. The summed E-state index contributed by atoms with van der Waals surface area (Å²) in [5.74, 6) is 0.586. The number of aromatic nitrogens is 2. The minimum absolute atomic E-state index is 0.0169. The van der Waals surface area contributed by atoms with Gasteiger partial charge in [-0.05, 0) is 36.2 Å². The van der Waals surface area contributed by atoms with Gasteiger partial charge in [0.05, 0.1) is 6.54 Å². The summed E-state index contributed by atoms with van der Waals surface area (Å²) >= 11 is 5.20. The van der Waals surface area contributed by atoms with E-state index in [1.165, 1.54) is 11.8 Å². The Kier molecular flexibility index (Phi) is 5.05. The van der Waals surface area contributed by atoms with Gasteiger partial charge in [-0.15, -0.1) is 0 Å². The summed E-state index contributed by atoms with van der Waals surface area (Å²) in [6, 6.07) is 7.86. The van der Waals surface area contributed by atoms with Crippen LogP contribution in [0, 0.1) is 24.0 Å². The zero-order valence-corrected chi connectivity index (χ0v) is 13.2. The van der Waals surface area contributed by atoms with Crippen molar-refractivity contribution in [3.05, 3.63) is 52.0 Å². The number of nitrogens with one attached hydrogen (secondary N) is 2. The van der Waals surface area contributed by atoms with Gasteiger partial charge < -0.3 is 20.7 Å². The Morgan fingerprint density at radius 3 is 2.68 bits per heavy atom. The SMILES string of the molecule is Cc1ccc(NC(=S)NCCn2c([N+](=O)[O-])cnc2C)cc1. The number of imidazole rings is 1. The van der Waals surface area contributed by atoms with Gasteiger partial charge in [0.15, 0.2) is 10.9 Å². The quantitative estimate of drug-likeness (QED) is 0.500. The molecule has 0 saturated heterocycles. The summed E-state index contributed by atoms with van der Waals surface area (Å²) in [5.41, 5.74) is 2.07. The van der Waals surface area contributed by atoms with E-state index in [-0.39, 0.29) is 5.82 Å². The van der Waals surface area contributed by atoms with Gasteiger partial charge >= 0.3 is 5.82 Å². The lowest BCUT2D eigenvalue weighted by molar-refractivity contribution is -0.392. The Balaban J connectivity index is 1.86. The van der Waals surface area contributed by atoms with Crippen molar-refractivity contribution in [1.82, 2.24) is 14.9 Å². The maximum absolute atomic E-state index is 10.9. The number of anilines is 1. The van der Waals surface area contributed by atoms with Crippen LogP contribution in [0.2, 0.25) is 0 Å². The number of nitro groups is 1. The molecule has 7 nitrogen and oxygen atoms in total. The third kappa shape index (κ3) is 4.01. The molecule has 116 valence electrons. The molecule has 2 aromatic rings. The van der Waals surface area contributed by atoms with Crippen LogP contribution >= 0.6 is 12.2 Å². The molecular weight excluding hydrogens is 302 g/mol. The molecule has 2 rings (SSSR count). The fourth-order valence-corrected chi connectivity index (χ4v) is 2.19. The first kappa shape index (κ1) is 15.9. The van der Waals surface area contributed by atoms with Crippen molar-refractivity contribution in [3.8, 4) is 0 Å². The van der Waals surface area contributed by atoms with Crippen molar-refractivity contribution in [2.24, 2.45) is 0 Å². The van der Waals surface area contributed by atoms with Crippen LogP contribution in [-0.2, 0) is 6.54 Å². The molecule has 0 unspecified atom stereocenters. The van der Waals surface area contributed by atoms with Crippen LogP contribution in [0.25, 0.3) is 0 Å². The standard InChI is InChI=1S/C14H17N5O2S/c1-10-3-5-12(6-4-10)17-14(22)15-7-8-18-11(2)16-9-13(18)19(20)21/h3-6,9H,7-8H2,1-2H3,(H2,15,17,22). The molecule has 0 saturated carbocycles. The van der Waals surface area contributed by atoms with Crippen LogP contribution in [0.15, 0.2) is 30.5 Å². The van der Waals surface area contributed by atoms with Crippen molar-refractivity contribution < 1.29 is 4.92 Å². The number of rotatable bonds is 5. The summed E-state index contributed by atoms with van der Waals surface area (Å²) in [6.45, 7) is 4.63. The van der Waals surface area contributed by atoms with E-state index in [2.05, 4.69) is 15.6 Å². The topological polar surface area (TPSA) is 85.0 Å². The van der Waals surface area contributed by atoms with E-state index < -0.39 is 4.92 Å². The van der Waals surface area contributed by atoms with Crippen molar-refractivity contribution in [3.63, 3.8) is 0 Å². The molecule has 1 aromatic carbocycles. The van der Waals surface area contributed by atoms with Gasteiger partial charge in [-0.3, -0.25) is 0 Å². The molecule has 1 heterocycles. The number of hydrogen-bond donors (Lipinski definition) is 2. The summed E-state index contributed by atoms with van der Waals surface area (Å²) in [6.07, 6.45) is 1.26. The van der Waals surface area contributed by atoms with E-state index in [4.69, 9.17) is 12.2 Å². The second-order valence-corrected chi connectivity index (χ2v) is 5.23. The first-order valence-electron chi connectivity index (χ1n) is 6.75. The first-order valence-corrected chi connectivity index (χ1v) is 7.16. The van der Waals surface area contributed by atoms with E-state index in [0.717, 1.165) is 5.69 Å². The largest absolute Gasteiger partial charge is 0.358 e. The fraction of sp³-hybridized carbons (Fsp3) is 0.286. The second kappa shape index (κ2) is 6.99. The second-order valence-electron chi connectivity index (χ2n) is 4.82. The van der Waals surface area contributed by atoms with Gasteiger partial charge in [-0.25, -0.2) is 9.55 Å². The molecule has 8 heteroatoms. The van der Waals surface area contributed by atoms with Crippen molar-refractivity contribution in [2.45, 2.75) is 20.4 Å². The Morgan fingerprint density at radius 2 is 2.05 bits per heavy atom. The molecule has 0 fully saturated rings. The zero-order valence-electron chi connectivity index (χ0n) is 12.4. The van der Waals surface area contributed by atoms with E-state index >= 15 is 0 Å². The average molecular weight is 319 g/mol. The number of nitrogens with zero attached hydrogens (tertiary/aromatic N) is 3. The van der Waals surface area contributed by atoms with E-state index in [9.17, 15) is 10.1 Å². The van der Waals surface area contributed by atoms with Crippen LogP contribution in [0.3, 0.4) is 0 Å². The molecule has 0 spiro atoms. The highest BCUT2D eigenvalue weighted by Gasteiger charge is 2.16. The van der Waals surface area contributed by atoms with Gasteiger partial charge in [0, 0.05) is 12.6 Å². The molecule has 22 heavy (non-hydrogen) atoms. The molecule has 2 N–H and O–H groups in total. The minimum Gasteiger partial charge on any atom is -0.358 e. The Bertz CT molecular complexity index is 681. The molecule has 0 aliphatic carbocycles.